The number of amides is 1. The molecule has 1 aromatic heterocycles. The average Bonchev–Trinajstić information content (AvgIpc) is 3.31. The van der Waals surface area contributed by atoms with E-state index < -0.39 is 5.41 Å². The Hall–Kier alpha value is -2.10. The van der Waals surface area contributed by atoms with Gasteiger partial charge in [0.15, 0.2) is 5.76 Å². The highest BCUT2D eigenvalue weighted by molar-refractivity contribution is 5.91. The topological polar surface area (TPSA) is 46.3 Å². The number of nitrogens with zero attached hydrogens (tertiary/aromatic N) is 2. The smallest absolute Gasteiger partial charge is 0.235 e. The first kappa shape index (κ1) is 15.4. The zero-order chi connectivity index (χ0) is 16.6. The summed E-state index contributed by atoms with van der Waals surface area (Å²) in [6.45, 7) is 3.07. The number of rotatable bonds is 4. The molecule has 2 heterocycles. The number of benzene rings is 1. The Balaban J connectivity index is 1.59. The number of aromatic nitrogens is 1. The third kappa shape index (κ3) is 2.54. The summed E-state index contributed by atoms with van der Waals surface area (Å²) >= 11 is 0. The first-order valence-electron chi connectivity index (χ1n) is 9.08. The summed E-state index contributed by atoms with van der Waals surface area (Å²) in [5.74, 6) is 1.01. The molecule has 0 radical (unpaired) electrons. The normalized spacial score (nSPS) is 22.4. The Kier molecular flexibility index (Phi) is 3.91. The third-order valence-corrected chi connectivity index (χ3v) is 5.58. The molecule has 0 bridgehead atoms. The molecule has 2 aliphatic rings. The lowest BCUT2D eigenvalue weighted by atomic mass is 9.94. The molecular weight excluding hydrogens is 300 g/mol. The van der Waals surface area contributed by atoms with E-state index in [0.29, 0.717) is 6.04 Å². The van der Waals surface area contributed by atoms with Crippen molar-refractivity contribution in [2.75, 3.05) is 6.54 Å². The molecule has 0 N–H and O–H groups in total. The van der Waals surface area contributed by atoms with Gasteiger partial charge in [-0.1, -0.05) is 42.4 Å². The number of piperidine rings is 1. The molecule has 1 saturated heterocycles. The van der Waals surface area contributed by atoms with Crippen LogP contribution in [-0.4, -0.2) is 28.6 Å². The maximum absolute atomic E-state index is 13.2. The molecule has 1 aliphatic heterocycles. The Morgan fingerprint density at radius 3 is 2.79 bits per heavy atom. The van der Waals surface area contributed by atoms with Crippen LogP contribution in [0.3, 0.4) is 0 Å². The molecule has 1 atom stereocenters. The first-order chi connectivity index (χ1) is 11.7. The van der Waals surface area contributed by atoms with Crippen LogP contribution < -0.4 is 0 Å². The Morgan fingerprint density at radius 2 is 2.08 bits per heavy atom. The fraction of sp³-hybridized carbons (Fsp3) is 0.500. The lowest BCUT2D eigenvalue weighted by Gasteiger charge is -2.37. The van der Waals surface area contributed by atoms with Crippen LogP contribution in [0.2, 0.25) is 0 Å². The molecule has 126 valence electrons. The molecule has 1 aromatic carbocycles. The van der Waals surface area contributed by atoms with Crippen molar-refractivity contribution in [3.63, 3.8) is 0 Å². The van der Waals surface area contributed by atoms with Gasteiger partial charge in [-0.15, -0.1) is 0 Å². The molecular formula is C20H24N2O2. The van der Waals surface area contributed by atoms with Crippen molar-refractivity contribution in [3.8, 4) is 11.3 Å². The summed E-state index contributed by atoms with van der Waals surface area (Å²) in [4.78, 5) is 15.4. The van der Waals surface area contributed by atoms with Crippen molar-refractivity contribution in [1.82, 2.24) is 10.1 Å². The van der Waals surface area contributed by atoms with Crippen LogP contribution >= 0.6 is 0 Å². The molecule has 24 heavy (non-hydrogen) atoms. The molecule has 0 spiro atoms. The molecule has 1 amide bonds. The molecule has 1 unspecified atom stereocenters. The van der Waals surface area contributed by atoms with Crippen molar-refractivity contribution in [3.05, 3.63) is 42.1 Å². The summed E-state index contributed by atoms with van der Waals surface area (Å²) in [6, 6.07) is 12.3. The lowest BCUT2D eigenvalue weighted by molar-refractivity contribution is -0.138. The predicted molar refractivity (Wildman–Crippen MR) is 92.5 cm³/mol. The van der Waals surface area contributed by atoms with Gasteiger partial charge in [-0.3, -0.25) is 4.79 Å². The summed E-state index contributed by atoms with van der Waals surface area (Å²) in [5, 5.41) is 4.27. The third-order valence-electron chi connectivity index (χ3n) is 5.58. The highest BCUT2D eigenvalue weighted by Crippen LogP contribution is 2.50. The second-order valence-corrected chi connectivity index (χ2v) is 7.08. The van der Waals surface area contributed by atoms with Gasteiger partial charge in [0, 0.05) is 24.2 Å². The summed E-state index contributed by atoms with van der Waals surface area (Å²) in [5.41, 5.74) is 1.39. The average molecular weight is 324 g/mol. The highest BCUT2D eigenvalue weighted by atomic mass is 16.5. The molecule has 4 rings (SSSR count). The molecule has 1 aliphatic carbocycles. The van der Waals surface area contributed by atoms with E-state index in [2.05, 4.69) is 17.0 Å². The number of hydrogen-bond acceptors (Lipinski definition) is 3. The molecule has 4 heteroatoms. The van der Waals surface area contributed by atoms with Crippen LogP contribution in [-0.2, 0) is 10.2 Å². The van der Waals surface area contributed by atoms with Gasteiger partial charge >= 0.3 is 0 Å². The number of hydrogen-bond donors (Lipinski definition) is 0. The summed E-state index contributed by atoms with van der Waals surface area (Å²) < 4.78 is 5.55. The summed E-state index contributed by atoms with van der Waals surface area (Å²) in [7, 11) is 0. The second-order valence-electron chi connectivity index (χ2n) is 7.08. The van der Waals surface area contributed by atoms with Crippen LogP contribution in [0.1, 0.15) is 51.1 Å². The van der Waals surface area contributed by atoms with Gasteiger partial charge in [0.25, 0.3) is 0 Å². The predicted octanol–water partition coefficient (Wildman–Crippen LogP) is 4.16. The zero-order valence-electron chi connectivity index (χ0n) is 14.2. The van der Waals surface area contributed by atoms with Gasteiger partial charge < -0.3 is 9.42 Å². The standard InChI is InChI=1S/C20H24N2O2/c1-2-16-10-6-7-13-22(16)19(23)20(11-12-20)18-14-17(24-21-18)15-8-4-3-5-9-15/h3-5,8-9,14,16H,2,6-7,10-13H2,1H3. The van der Waals surface area contributed by atoms with Crippen LogP contribution in [0.4, 0.5) is 0 Å². The Bertz CT molecular complexity index is 718. The second kappa shape index (κ2) is 6.08. The highest BCUT2D eigenvalue weighted by Gasteiger charge is 2.56. The SMILES string of the molecule is CCC1CCCCN1C(=O)C1(c2cc(-c3ccccc3)on2)CC1. The number of carbonyl (C=O) groups excluding carboxylic acids is 1. The van der Waals surface area contributed by atoms with E-state index >= 15 is 0 Å². The molecule has 2 aromatic rings. The number of likely N-dealkylation sites (tertiary alicyclic amines) is 1. The first-order valence-corrected chi connectivity index (χ1v) is 9.08. The zero-order valence-corrected chi connectivity index (χ0v) is 14.2. The molecule has 1 saturated carbocycles. The fourth-order valence-electron chi connectivity index (χ4n) is 3.91. The fourth-order valence-corrected chi connectivity index (χ4v) is 3.91. The molecule has 4 nitrogen and oxygen atoms in total. The van der Waals surface area contributed by atoms with Crippen LogP contribution in [0.25, 0.3) is 11.3 Å². The van der Waals surface area contributed by atoms with Gasteiger partial charge in [0.05, 0.1) is 11.1 Å². The van der Waals surface area contributed by atoms with Crippen LogP contribution in [0, 0.1) is 0 Å². The molecule has 2 fully saturated rings. The summed E-state index contributed by atoms with van der Waals surface area (Å²) in [6.07, 6.45) is 6.30. The van der Waals surface area contributed by atoms with Gasteiger partial charge in [0.1, 0.15) is 0 Å². The minimum absolute atomic E-state index is 0.266. The minimum Gasteiger partial charge on any atom is -0.356 e. The van der Waals surface area contributed by atoms with Gasteiger partial charge in [-0.05, 0) is 38.5 Å². The van der Waals surface area contributed by atoms with Crippen molar-refractivity contribution in [2.45, 2.75) is 56.9 Å². The minimum atomic E-state index is -0.429. The van der Waals surface area contributed by atoms with E-state index in [-0.39, 0.29) is 5.91 Å². The maximum atomic E-state index is 13.2. The van der Waals surface area contributed by atoms with E-state index in [0.717, 1.165) is 55.7 Å². The largest absolute Gasteiger partial charge is 0.356 e. The van der Waals surface area contributed by atoms with Crippen molar-refractivity contribution in [2.24, 2.45) is 0 Å². The van der Waals surface area contributed by atoms with Crippen molar-refractivity contribution in [1.29, 1.82) is 0 Å². The van der Waals surface area contributed by atoms with Crippen molar-refractivity contribution < 1.29 is 9.32 Å². The Morgan fingerprint density at radius 1 is 1.29 bits per heavy atom. The Labute approximate surface area is 142 Å². The maximum Gasteiger partial charge on any atom is 0.235 e. The lowest BCUT2D eigenvalue weighted by Crippen LogP contribution is -2.48. The van der Waals surface area contributed by atoms with Gasteiger partial charge in [-0.25, -0.2) is 0 Å². The van der Waals surface area contributed by atoms with Gasteiger partial charge in [0.2, 0.25) is 5.91 Å². The van der Waals surface area contributed by atoms with E-state index in [1.807, 2.05) is 36.4 Å². The van der Waals surface area contributed by atoms with E-state index in [4.69, 9.17) is 4.52 Å². The monoisotopic (exact) mass is 324 g/mol. The van der Waals surface area contributed by atoms with Crippen LogP contribution in [0.5, 0.6) is 0 Å². The number of carbonyl (C=O) groups is 1. The van der Waals surface area contributed by atoms with E-state index in [1.54, 1.807) is 0 Å². The van der Waals surface area contributed by atoms with Crippen LogP contribution in [0.15, 0.2) is 40.9 Å². The van der Waals surface area contributed by atoms with E-state index in [9.17, 15) is 4.79 Å². The quantitative estimate of drug-likeness (QED) is 0.848. The van der Waals surface area contributed by atoms with Gasteiger partial charge in [-0.2, -0.15) is 0 Å². The van der Waals surface area contributed by atoms with E-state index in [1.165, 1.54) is 6.42 Å². The van der Waals surface area contributed by atoms with Crippen molar-refractivity contribution >= 4 is 5.91 Å².